The van der Waals surface area contributed by atoms with Crippen molar-refractivity contribution in [2.75, 3.05) is 39.2 Å². The van der Waals surface area contributed by atoms with Crippen LogP contribution in [0.25, 0.3) is 0 Å². The maximum Gasteiger partial charge on any atom is 0.159 e. The number of rotatable bonds is 6. The average Bonchev–Trinajstić information content (AvgIpc) is 2.89. The van der Waals surface area contributed by atoms with Crippen LogP contribution in [0.1, 0.15) is 17.5 Å². The molecule has 0 N–H and O–H groups in total. The summed E-state index contributed by atoms with van der Waals surface area (Å²) < 4.78 is 5.43. The number of pyridine rings is 1. The topological polar surface area (TPSA) is 41.0 Å². The first-order valence-corrected chi connectivity index (χ1v) is 9.87. The lowest BCUT2D eigenvalue weighted by Gasteiger charge is -2.26. The smallest absolute Gasteiger partial charge is 0.159 e. The summed E-state index contributed by atoms with van der Waals surface area (Å²) in [5, 5.41) is 0. The number of benzene rings is 2. The lowest BCUT2D eigenvalue weighted by atomic mass is 10.00. The SMILES string of the molecule is COc1cnc2c(c1)N=C(c1ccccc1)c1ccccc1N2CCCN(C)C. The molecular weight excluding hydrogens is 360 g/mol. The van der Waals surface area contributed by atoms with Gasteiger partial charge in [0.15, 0.2) is 5.82 Å². The highest BCUT2D eigenvalue weighted by Gasteiger charge is 2.25. The van der Waals surface area contributed by atoms with Crippen LogP contribution in [0.2, 0.25) is 0 Å². The second kappa shape index (κ2) is 8.45. The molecule has 0 atom stereocenters. The van der Waals surface area contributed by atoms with Crippen molar-refractivity contribution in [3.63, 3.8) is 0 Å². The summed E-state index contributed by atoms with van der Waals surface area (Å²) in [4.78, 5) is 14.3. The summed E-state index contributed by atoms with van der Waals surface area (Å²) in [6, 6.07) is 20.7. The third-order valence-corrected chi connectivity index (χ3v) is 5.03. The summed E-state index contributed by atoms with van der Waals surface area (Å²) in [5.41, 5.74) is 5.10. The minimum atomic E-state index is 0.708. The molecule has 0 spiro atoms. The van der Waals surface area contributed by atoms with Gasteiger partial charge in [0.1, 0.15) is 11.4 Å². The van der Waals surface area contributed by atoms with E-state index in [2.05, 4.69) is 60.3 Å². The standard InChI is InChI=1S/C24H26N4O/c1-27(2)14-9-15-28-22-13-8-7-12-20(22)23(18-10-5-4-6-11-18)26-21-16-19(29-3)17-25-24(21)28/h4-8,10-13,16-17H,9,14-15H2,1-3H3. The van der Waals surface area contributed by atoms with Crippen molar-refractivity contribution in [1.29, 1.82) is 0 Å². The van der Waals surface area contributed by atoms with Crippen molar-refractivity contribution in [2.24, 2.45) is 4.99 Å². The van der Waals surface area contributed by atoms with Gasteiger partial charge in [-0.3, -0.25) is 0 Å². The van der Waals surface area contributed by atoms with Crippen LogP contribution in [0, 0.1) is 0 Å². The molecule has 148 valence electrons. The fourth-order valence-electron chi connectivity index (χ4n) is 3.62. The van der Waals surface area contributed by atoms with Crippen LogP contribution in [-0.4, -0.2) is 49.9 Å². The predicted octanol–water partition coefficient (Wildman–Crippen LogP) is 4.66. The molecule has 1 aliphatic heterocycles. The monoisotopic (exact) mass is 386 g/mol. The van der Waals surface area contributed by atoms with E-state index in [1.165, 1.54) is 0 Å². The number of ether oxygens (including phenoxy) is 1. The average molecular weight is 386 g/mol. The van der Waals surface area contributed by atoms with Crippen molar-refractivity contribution in [3.8, 4) is 5.75 Å². The molecule has 0 bridgehead atoms. The van der Waals surface area contributed by atoms with Gasteiger partial charge >= 0.3 is 0 Å². The number of nitrogens with zero attached hydrogens (tertiary/aromatic N) is 4. The van der Waals surface area contributed by atoms with Gasteiger partial charge in [0.05, 0.1) is 24.7 Å². The zero-order chi connectivity index (χ0) is 20.2. The molecule has 0 saturated heterocycles. The first-order chi connectivity index (χ1) is 14.2. The molecule has 0 fully saturated rings. The molecule has 5 heteroatoms. The van der Waals surface area contributed by atoms with Crippen molar-refractivity contribution in [2.45, 2.75) is 6.42 Å². The Balaban J connectivity index is 1.89. The Morgan fingerprint density at radius 1 is 1.00 bits per heavy atom. The molecule has 4 rings (SSSR count). The highest BCUT2D eigenvalue weighted by molar-refractivity contribution is 6.18. The summed E-state index contributed by atoms with van der Waals surface area (Å²) in [5.74, 6) is 1.57. The number of methoxy groups -OCH3 is 1. The van der Waals surface area contributed by atoms with E-state index >= 15 is 0 Å². The lowest BCUT2D eigenvalue weighted by molar-refractivity contribution is 0.402. The minimum absolute atomic E-state index is 0.708. The van der Waals surface area contributed by atoms with Gasteiger partial charge < -0.3 is 14.5 Å². The number of fused-ring (bicyclic) bond motifs is 2. The number of hydrogen-bond acceptors (Lipinski definition) is 5. The van der Waals surface area contributed by atoms with Gasteiger partial charge in [0.25, 0.3) is 0 Å². The molecule has 0 unspecified atom stereocenters. The molecule has 0 saturated carbocycles. The number of aliphatic imine (C=N–C) groups is 1. The summed E-state index contributed by atoms with van der Waals surface area (Å²) in [7, 11) is 5.86. The van der Waals surface area contributed by atoms with E-state index < -0.39 is 0 Å². The van der Waals surface area contributed by atoms with E-state index in [-0.39, 0.29) is 0 Å². The van der Waals surface area contributed by atoms with Crippen molar-refractivity contribution in [3.05, 3.63) is 78.0 Å². The van der Waals surface area contributed by atoms with Crippen LogP contribution in [0.4, 0.5) is 17.2 Å². The Morgan fingerprint density at radius 3 is 2.52 bits per heavy atom. The van der Waals surface area contributed by atoms with Crippen LogP contribution in [0.5, 0.6) is 5.75 Å². The maximum atomic E-state index is 5.43. The summed E-state index contributed by atoms with van der Waals surface area (Å²) in [6.07, 6.45) is 2.79. The van der Waals surface area contributed by atoms with Crippen molar-refractivity contribution >= 4 is 22.9 Å². The second-order valence-corrected chi connectivity index (χ2v) is 7.37. The van der Waals surface area contributed by atoms with Crippen LogP contribution < -0.4 is 9.64 Å². The van der Waals surface area contributed by atoms with E-state index in [1.54, 1.807) is 13.3 Å². The quantitative estimate of drug-likeness (QED) is 0.618. The Hall–Kier alpha value is -3.18. The van der Waals surface area contributed by atoms with Gasteiger partial charge in [-0.2, -0.15) is 0 Å². The molecule has 29 heavy (non-hydrogen) atoms. The van der Waals surface area contributed by atoms with E-state index in [4.69, 9.17) is 14.7 Å². The minimum Gasteiger partial charge on any atom is -0.495 e. The van der Waals surface area contributed by atoms with E-state index in [0.717, 1.165) is 53.5 Å². The Labute approximate surface area is 172 Å². The number of hydrogen-bond donors (Lipinski definition) is 0. The molecule has 0 radical (unpaired) electrons. The Kier molecular flexibility index (Phi) is 5.58. The second-order valence-electron chi connectivity index (χ2n) is 7.37. The third kappa shape index (κ3) is 4.00. The van der Waals surface area contributed by atoms with Crippen LogP contribution in [-0.2, 0) is 0 Å². The largest absolute Gasteiger partial charge is 0.495 e. The molecule has 1 aliphatic rings. The van der Waals surface area contributed by atoms with Gasteiger partial charge in [-0.1, -0.05) is 48.5 Å². The first-order valence-electron chi connectivity index (χ1n) is 9.87. The van der Waals surface area contributed by atoms with Gasteiger partial charge in [0, 0.05) is 23.7 Å². The molecular formula is C24H26N4O. The van der Waals surface area contributed by atoms with Crippen molar-refractivity contribution < 1.29 is 4.74 Å². The third-order valence-electron chi connectivity index (χ3n) is 5.03. The summed E-state index contributed by atoms with van der Waals surface area (Å²) in [6.45, 7) is 1.87. The van der Waals surface area contributed by atoms with E-state index in [0.29, 0.717) is 5.75 Å². The van der Waals surface area contributed by atoms with Crippen LogP contribution in [0.15, 0.2) is 71.9 Å². The van der Waals surface area contributed by atoms with E-state index in [9.17, 15) is 0 Å². The Morgan fingerprint density at radius 2 is 1.76 bits per heavy atom. The normalized spacial score (nSPS) is 12.8. The summed E-state index contributed by atoms with van der Waals surface area (Å²) >= 11 is 0. The van der Waals surface area contributed by atoms with Gasteiger partial charge in [0.2, 0.25) is 0 Å². The Bertz CT molecular complexity index is 1010. The maximum absolute atomic E-state index is 5.43. The first kappa shape index (κ1) is 19.2. The van der Waals surface area contributed by atoms with Crippen molar-refractivity contribution in [1.82, 2.24) is 9.88 Å². The van der Waals surface area contributed by atoms with Gasteiger partial charge in [-0.05, 0) is 33.1 Å². The zero-order valence-electron chi connectivity index (χ0n) is 17.2. The zero-order valence-corrected chi connectivity index (χ0v) is 17.2. The van der Waals surface area contributed by atoms with E-state index in [1.807, 2.05) is 24.3 Å². The van der Waals surface area contributed by atoms with Crippen LogP contribution in [0.3, 0.4) is 0 Å². The molecule has 0 aliphatic carbocycles. The van der Waals surface area contributed by atoms with Crippen LogP contribution >= 0.6 is 0 Å². The molecule has 2 heterocycles. The molecule has 5 nitrogen and oxygen atoms in total. The molecule has 3 aromatic rings. The highest BCUT2D eigenvalue weighted by atomic mass is 16.5. The molecule has 1 aromatic heterocycles. The highest BCUT2D eigenvalue weighted by Crippen LogP contribution is 2.40. The predicted molar refractivity (Wildman–Crippen MR) is 119 cm³/mol. The number of anilines is 2. The fraction of sp³-hybridized carbons (Fsp3) is 0.250. The van der Waals surface area contributed by atoms with Gasteiger partial charge in [-0.15, -0.1) is 0 Å². The fourth-order valence-corrected chi connectivity index (χ4v) is 3.62. The van der Waals surface area contributed by atoms with Gasteiger partial charge in [-0.25, -0.2) is 9.98 Å². The molecule has 0 amide bonds. The lowest BCUT2D eigenvalue weighted by Crippen LogP contribution is -2.24. The molecule has 2 aromatic carbocycles. The number of aromatic nitrogens is 1. The number of para-hydroxylation sites is 1.